The fraction of sp³-hybridized carbons (Fsp3) is 0.333. The van der Waals surface area contributed by atoms with Crippen LogP contribution in [0.2, 0.25) is 0 Å². The molecule has 1 aromatic carbocycles. The lowest BCUT2D eigenvalue weighted by molar-refractivity contribution is -0.128. The van der Waals surface area contributed by atoms with Crippen molar-refractivity contribution in [3.8, 4) is 5.75 Å². The molecule has 0 aromatic heterocycles. The Morgan fingerprint density at radius 1 is 1.42 bits per heavy atom. The van der Waals surface area contributed by atoms with Crippen LogP contribution in [-0.2, 0) is 9.59 Å². The molecule has 0 radical (unpaired) electrons. The van der Waals surface area contributed by atoms with Crippen molar-refractivity contribution in [1.82, 2.24) is 5.32 Å². The molecule has 2 amide bonds. The van der Waals surface area contributed by atoms with E-state index in [1.807, 2.05) is 0 Å². The van der Waals surface area contributed by atoms with Crippen molar-refractivity contribution >= 4 is 17.5 Å². The quantitative estimate of drug-likeness (QED) is 0.708. The third-order valence-electron chi connectivity index (χ3n) is 2.83. The predicted molar refractivity (Wildman–Crippen MR) is 62.4 cm³/mol. The second kappa shape index (κ2) is 5.21. The Hall–Kier alpha value is -2.18. The monoisotopic (exact) mass is 270 g/mol. The van der Waals surface area contributed by atoms with Crippen LogP contribution in [0.25, 0.3) is 0 Å². The van der Waals surface area contributed by atoms with Crippen molar-refractivity contribution in [2.75, 3.05) is 5.32 Å². The van der Waals surface area contributed by atoms with Gasteiger partial charge >= 0.3 is 0 Å². The number of piperidine rings is 1. The van der Waals surface area contributed by atoms with Gasteiger partial charge in [-0.3, -0.25) is 9.59 Å². The van der Waals surface area contributed by atoms with Crippen molar-refractivity contribution < 1.29 is 23.5 Å². The molecule has 2 rings (SSSR count). The second-order valence-corrected chi connectivity index (χ2v) is 4.29. The van der Waals surface area contributed by atoms with Crippen molar-refractivity contribution in [3.05, 3.63) is 23.8 Å². The summed E-state index contributed by atoms with van der Waals surface area (Å²) in [6.07, 6.45) is 1.35. The molecule has 0 bridgehead atoms. The molecule has 1 aromatic rings. The summed E-state index contributed by atoms with van der Waals surface area (Å²) in [7, 11) is 0. The highest BCUT2D eigenvalue weighted by Gasteiger charge is 2.25. The number of benzene rings is 1. The molecule has 7 heteroatoms. The van der Waals surface area contributed by atoms with E-state index in [4.69, 9.17) is 0 Å². The van der Waals surface area contributed by atoms with E-state index in [1.165, 1.54) is 0 Å². The van der Waals surface area contributed by atoms with Gasteiger partial charge in [0.05, 0.1) is 5.69 Å². The summed E-state index contributed by atoms with van der Waals surface area (Å²) >= 11 is 0. The van der Waals surface area contributed by atoms with Crippen LogP contribution < -0.4 is 10.6 Å². The van der Waals surface area contributed by atoms with Crippen LogP contribution in [0, 0.1) is 11.6 Å². The van der Waals surface area contributed by atoms with Crippen molar-refractivity contribution in [2.45, 2.75) is 25.3 Å². The Balaban J connectivity index is 2.12. The first kappa shape index (κ1) is 13.3. The number of anilines is 1. The number of phenolic OH excluding ortho intramolecular Hbond substituents is 1. The molecule has 0 spiro atoms. The van der Waals surface area contributed by atoms with Gasteiger partial charge in [0.15, 0.2) is 11.6 Å². The van der Waals surface area contributed by atoms with Gasteiger partial charge in [0.2, 0.25) is 11.8 Å². The maximum Gasteiger partial charge on any atom is 0.247 e. The first-order valence-electron chi connectivity index (χ1n) is 5.75. The largest absolute Gasteiger partial charge is 0.503 e. The number of hydrogen-bond donors (Lipinski definition) is 3. The molecular weight excluding hydrogens is 258 g/mol. The number of phenols is 1. The van der Waals surface area contributed by atoms with E-state index in [1.54, 1.807) is 0 Å². The lowest BCUT2D eigenvalue weighted by atomic mass is 10.0. The zero-order valence-electron chi connectivity index (χ0n) is 9.87. The summed E-state index contributed by atoms with van der Waals surface area (Å²) in [6.45, 7) is 0. The van der Waals surface area contributed by atoms with Crippen LogP contribution >= 0.6 is 0 Å². The molecule has 1 fully saturated rings. The summed E-state index contributed by atoms with van der Waals surface area (Å²) in [4.78, 5) is 23.0. The second-order valence-electron chi connectivity index (χ2n) is 4.29. The fourth-order valence-corrected chi connectivity index (χ4v) is 1.88. The van der Waals surface area contributed by atoms with Crippen LogP contribution in [0.15, 0.2) is 12.1 Å². The smallest absolute Gasteiger partial charge is 0.247 e. The highest BCUT2D eigenvalue weighted by atomic mass is 19.1. The van der Waals surface area contributed by atoms with Crippen LogP contribution in [0.3, 0.4) is 0 Å². The van der Waals surface area contributed by atoms with Gasteiger partial charge in [0, 0.05) is 18.6 Å². The highest BCUT2D eigenvalue weighted by molar-refractivity contribution is 5.98. The summed E-state index contributed by atoms with van der Waals surface area (Å²) < 4.78 is 26.1. The minimum atomic E-state index is -1.16. The molecule has 102 valence electrons. The Morgan fingerprint density at radius 3 is 2.84 bits per heavy atom. The zero-order chi connectivity index (χ0) is 14.0. The van der Waals surface area contributed by atoms with Crippen molar-refractivity contribution in [3.63, 3.8) is 0 Å². The van der Waals surface area contributed by atoms with Crippen molar-refractivity contribution in [1.29, 1.82) is 0 Å². The fourth-order valence-electron chi connectivity index (χ4n) is 1.88. The van der Waals surface area contributed by atoms with E-state index in [0.717, 1.165) is 6.07 Å². The molecule has 1 aliphatic heterocycles. The number of carbonyl (C=O) groups excluding carboxylic acids is 2. The molecule has 0 unspecified atom stereocenters. The molecule has 1 atom stereocenters. The van der Waals surface area contributed by atoms with E-state index in [-0.39, 0.29) is 11.6 Å². The average molecular weight is 270 g/mol. The normalized spacial score (nSPS) is 18.8. The first-order chi connectivity index (χ1) is 8.97. The predicted octanol–water partition coefficient (Wildman–Crippen LogP) is 1.28. The number of nitrogens with one attached hydrogen (secondary N) is 2. The standard InChI is InChI=1S/C12H12F2N2O3/c13-6-4-7(14)11(18)9(5-6)16-12(19)8-2-1-3-10(17)15-8/h4-5,8,18H,1-3H2,(H,15,17)(H,16,19)/t8-/m0/s1. The zero-order valence-corrected chi connectivity index (χ0v) is 9.87. The lowest BCUT2D eigenvalue weighted by Crippen LogP contribution is -2.46. The lowest BCUT2D eigenvalue weighted by Gasteiger charge is -2.22. The Bertz CT molecular complexity index is 534. The van der Waals surface area contributed by atoms with E-state index >= 15 is 0 Å². The average Bonchev–Trinajstić information content (AvgIpc) is 2.35. The van der Waals surface area contributed by atoms with Crippen LogP contribution in [-0.4, -0.2) is 23.0 Å². The number of halogens is 2. The number of hydrogen-bond acceptors (Lipinski definition) is 3. The topological polar surface area (TPSA) is 78.4 Å². The maximum atomic E-state index is 13.1. The van der Waals surface area contributed by atoms with E-state index in [0.29, 0.717) is 25.3 Å². The summed E-state index contributed by atoms with van der Waals surface area (Å²) in [5.74, 6) is -3.78. The molecular formula is C12H12F2N2O3. The molecule has 5 nitrogen and oxygen atoms in total. The first-order valence-corrected chi connectivity index (χ1v) is 5.75. The van der Waals surface area contributed by atoms with Gasteiger partial charge in [-0.05, 0) is 12.8 Å². The van der Waals surface area contributed by atoms with Gasteiger partial charge in [-0.1, -0.05) is 0 Å². The summed E-state index contributed by atoms with van der Waals surface area (Å²) in [5, 5.41) is 14.0. The van der Waals surface area contributed by atoms with Gasteiger partial charge < -0.3 is 15.7 Å². The minimum Gasteiger partial charge on any atom is -0.503 e. The summed E-state index contributed by atoms with van der Waals surface area (Å²) in [5.41, 5.74) is -0.359. The minimum absolute atomic E-state index is 0.249. The van der Waals surface area contributed by atoms with E-state index < -0.39 is 29.3 Å². The molecule has 1 heterocycles. The van der Waals surface area contributed by atoms with Crippen LogP contribution in [0.4, 0.5) is 14.5 Å². The molecule has 1 aliphatic rings. The molecule has 0 saturated carbocycles. The van der Waals surface area contributed by atoms with Gasteiger partial charge in [0.25, 0.3) is 0 Å². The van der Waals surface area contributed by atoms with Gasteiger partial charge in [-0.2, -0.15) is 0 Å². The van der Waals surface area contributed by atoms with E-state index in [9.17, 15) is 23.5 Å². The van der Waals surface area contributed by atoms with Crippen molar-refractivity contribution in [2.24, 2.45) is 0 Å². The molecule has 3 N–H and O–H groups in total. The SMILES string of the molecule is O=C1CCC[C@@H](C(=O)Nc2cc(F)cc(F)c2O)N1. The maximum absolute atomic E-state index is 13.1. The van der Waals surface area contributed by atoms with E-state index in [2.05, 4.69) is 10.6 Å². The van der Waals surface area contributed by atoms with Gasteiger partial charge in [-0.15, -0.1) is 0 Å². The highest BCUT2D eigenvalue weighted by Crippen LogP contribution is 2.28. The molecule has 19 heavy (non-hydrogen) atoms. The number of amides is 2. The Labute approximate surface area is 107 Å². The Morgan fingerprint density at radius 2 is 2.16 bits per heavy atom. The third-order valence-corrected chi connectivity index (χ3v) is 2.83. The van der Waals surface area contributed by atoms with Gasteiger partial charge in [0.1, 0.15) is 11.9 Å². The number of rotatable bonds is 2. The number of carbonyl (C=O) groups is 2. The van der Waals surface area contributed by atoms with Crippen LogP contribution in [0.5, 0.6) is 5.75 Å². The summed E-state index contributed by atoms with van der Waals surface area (Å²) in [6, 6.07) is 0.556. The molecule has 1 saturated heterocycles. The van der Waals surface area contributed by atoms with Crippen LogP contribution in [0.1, 0.15) is 19.3 Å². The number of aromatic hydroxyl groups is 1. The van der Waals surface area contributed by atoms with Gasteiger partial charge in [-0.25, -0.2) is 8.78 Å². The third kappa shape index (κ3) is 2.98. The Kier molecular flexibility index (Phi) is 3.64. The molecule has 0 aliphatic carbocycles.